The Bertz CT molecular complexity index is 1100. The van der Waals surface area contributed by atoms with E-state index >= 15 is 0 Å². The SMILES string of the molecule is Cc1ccc(O)c(C(CCC(C)F)c2cc(C)cc(C(CCC(C)F)c3cc(C)ccc3O)c2O)c1. The number of phenolic OH excluding ortho intramolecular Hbond substituents is 3. The summed E-state index contributed by atoms with van der Waals surface area (Å²) in [6, 6.07) is 14.4. The number of alkyl halides is 2. The van der Waals surface area contributed by atoms with Gasteiger partial charge in [0.25, 0.3) is 0 Å². The van der Waals surface area contributed by atoms with Gasteiger partial charge in [0.05, 0.1) is 12.3 Å². The van der Waals surface area contributed by atoms with Crippen LogP contribution in [0.4, 0.5) is 8.78 Å². The van der Waals surface area contributed by atoms with Gasteiger partial charge < -0.3 is 15.3 Å². The van der Waals surface area contributed by atoms with Crippen molar-refractivity contribution in [3.05, 3.63) is 87.5 Å². The average molecular weight is 497 g/mol. The number of benzene rings is 3. The Labute approximate surface area is 213 Å². The molecule has 3 aromatic rings. The molecule has 36 heavy (non-hydrogen) atoms. The first kappa shape index (κ1) is 27.5. The van der Waals surface area contributed by atoms with E-state index in [1.54, 1.807) is 12.1 Å². The van der Waals surface area contributed by atoms with Gasteiger partial charge in [0, 0.05) is 34.1 Å². The first-order valence-electron chi connectivity index (χ1n) is 12.7. The van der Waals surface area contributed by atoms with Gasteiger partial charge in [-0.3, -0.25) is 0 Å². The molecular formula is C31H38F2O3. The third-order valence-corrected chi connectivity index (χ3v) is 6.89. The zero-order valence-electron chi connectivity index (χ0n) is 21.9. The Morgan fingerprint density at radius 3 is 1.28 bits per heavy atom. The van der Waals surface area contributed by atoms with Crippen LogP contribution in [0.2, 0.25) is 0 Å². The molecule has 3 aromatic carbocycles. The highest BCUT2D eigenvalue weighted by atomic mass is 19.1. The molecule has 0 saturated heterocycles. The van der Waals surface area contributed by atoms with E-state index in [4.69, 9.17) is 0 Å². The second-order valence-electron chi connectivity index (χ2n) is 10.2. The molecule has 0 heterocycles. The highest BCUT2D eigenvalue weighted by molar-refractivity contribution is 5.55. The van der Waals surface area contributed by atoms with Crippen molar-refractivity contribution in [2.45, 2.75) is 84.5 Å². The summed E-state index contributed by atoms with van der Waals surface area (Å²) >= 11 is 0. The zero-order valence-corrected chi connectivity index (χ0v) is 21.9. The van der Waals surface area contributed by atoms with E-state index in [1.807, 2.05) is 57.2 Å². The van der Waals surface area contributed by atoms with Gasteiger partial charge in [0.2, 0.25) is 0 Å². The fourth-order valence-corrected chi connectivity index (χ4v) is 5.02. The zero-order chi connectivity index (χ0) is 26.6. The van der Waals surface area contributed by atoms with Crippen molar-refractivity contribution in [3.8, 4) is 17.2 Å². The van der Waals surface area contributed by atoms with Gasteiger partial charge in [0.15, 0.2) is 0 Å². The Hall–Kier alpha value is -3.08. The number of hydrogen-bond acceptors (Lipinski definition) is 3. The van der Waals surface area contributed by atoms with Gasteiger partial charge in [0.1, 0.15) is 17.2 Å². The van der Waals surface area contributed by atoms with Crippen molar-refractivity contribution in [2.75, 3.05) is 0 Å². The average Bonchev–Trinajstić information content (AvgIpc) is 2.80. The minimum absolute atomic E-state index is 0.0374. The Kier molecular flexibility index (Phi) is 8.99. The molecule has 4 atom stereocenters. The second kappa shape index (κ2) is 11.8. The van der Waals surface area contributed by atoms with Crippen molar-refractivity contribution >= 4 is 0 Å². The summed E-state index contributed by atoms with van der Waals surface area (Å²) in [6.07, 6.45) is -0.743. The first-order valence-corrected chi connectivity index (χ1v) is 12.7. The summed E-state index contributed by atoms with van der Waals surface area (Å²) in [5.41, 5.74) is 5.24. The van der Waals surface area contributed by atoms with Crippen LogP contribution in [0.3, 0.4) is 0 Å². The van der Waals surface area contributed by atoms with E-state index in [9.17, 15) is 24.1 Å². The molecule has 0 saturated carbocycles. The number of aromatic hydroxyl groups is 3. The molecule has 0 bridgehead atoms. The molecule has 0 aliphatic carbocycles. The van der Waals surface area contributed by atoms with Crippen LogP contribution < -0.4 is 0 Å². The quantitative estimate of drug-likeness (QED) is 0.265. The second-order valence-corrected chi connectivity index (χ2v) is 10.2. The van der Waals surface area contributed by atoms with Gasteiger partial charge in [-0.1, -0.05) is 53.1 Å². The molecule has 0 fully saturated rings. The Morgan fingerprint density at radius 1 is 0.556 bits per heavy atom. The molecule has 0 aromatic heterocycles. The minimum atomic E-state index is -1.03. The lowest BCUT2D eigenvalue weighted by Crippen LogP contribution is -2.10. The van der Waals surface area contributed by atoms with Crippen molar-refractivity contribution < 1.29 is 24.1 Å². The maximum absolute atomic E-state index is 14.0. The molecule has 5 heteroatoms. The summed E-state index contributed by atoms with van der Waals surface area (Å²) in [7, 11) is 0. The van der Waals surface area contributed by atoms with Crippen LogP contribution in [-0.4, -0.2) is 27.7 Å². The van der Waals surface area contributed by atoms with E-state index in [0.29, 0.717) is 35.1 Å². The third kappa shape index (κ3) is 6.57. The summed E-state index contributed by atoms with van der Waals surface area (Å²) in [5.74, 6) is -0.643. The van der Waals surface area contributed by atoms with Crippen molar-refractivity contribution in [1.29, 1.82) is 0 Å². The standard InChI is InChI=1S/C31H38F2O3/c1-18-6-12-29(34)25(14-18)23(10-8-21(4)32)27-16-20(3)17-28(31(27)36)24(11-9-22(5)33)26-15-19(2)7-13-30(26)35/h6-7,12-17,21-24,34-36H,8-11H2,1-5H3. The predicted octanol–water partition coefficient (Wildman–Crippen LogP) is 8.27. The van der Waals surface area contributed by atoms with E-state index in [2.05, 4.69) is 0 Å². The van der Waals surface area contributed by atoms with Gasteiger partial charge in [-0.25, -0.2) is 8.78 Å². The lowest BCUT2D eigenvalue weighted by atomic mass is 9.79. The van der Waals surface area contributed by atoms with Crippen molar-refractivity contribution in [1.82, 2.24) is 0 Å². The van der Waals surface area contributed by atoms with Crippen molar-refractivity contribution in [3.63, 3.8) is 0 Å². The maximum Gasteiger partial charge on any atom is 0.123 e. The molecule has 0 spiro atoms. The van der Waals surface area contributed by atoms with E-state index < -0.39 is 24.2 Å². The van der Waals surface area contributed by atoms with Gasteiger partial charge in [-0.05, 0) is 72.4 Å². The fourth-order valence-electron chi connectivity index (χ4n) is 5.02. The molecule has 3 rings (SSSR count). The lowest BCUT2D eigenvalue weighted by molar-refractivity contribution is 0.325. The molecular weight excluding hydrogens is 458 g/mol. The monoisotopic (exact) mass is 496 g/mol. The van der Waals surface area contributed by atoms with E-state index in [0.717, 1.165) is 16.7 Å². The van der Waals surface area contributed by atoms with Crippen LogP contribution in [0.5, 0.6) is 17.2 Å². The Balaban J connectivity index is 2.22. The van der Waals surface area contributed by atoms with Crippen LogP contribution >= 0.6 is 0 Å². The van der Waals surface area contributed by atoms with Crippen LogP contribution in [0.15, 0.2) is 48.5 Å². The third-order valence-electron chi connectivity index (χ3n) is 6.89. The van der Waals surface area contributed by atoms with Gasteiger partial charge in [-0.2, -0.15) is 0 Å². The molecule has 3 nitrogen and oxygen atoms in total. The molecule has 0 radical (unpaired) electrons. The summed E-state index contributed by atoms with van der Waals surface area (Å²) in [6.45, 7) is 8.77. The first-order chi connectivity index (χ1) is 17.0. The van der Waals surface area contributed by atoms with Crippen LogP contribution in [0.25, 0.3) is 0 Å². The number of rotatable bonds is 10. The number of phenols is 3. The molecule has 0 amide bonds. The topological polar surface area (TPSA) is 60.7 Å². The molecule has 3 N–H and O–H groups in total. The number of halogens is 2. The minimum Gasteiger partial charge on any atom is -0.508 e. The fraction of sp³-hybridized carbons (Fsp3) is 0.419. The number of hydrogen-bond donors (Lipinski definition) is 3. The smallest absolute Gasteiger partial charge is 0.123 e. The highest BCUT2D eigenvalue weighted by Gasteiger charge is 2.28. The van der Waals surface area contributed by atoms with Gasteiger partial charge >= 0.3 is 0 Å². The molecule has 4 unspecified atom stereocenters. The molecule has 0 aliphatic heterocycles. The Morgan fingerprint density at radius 2 is 0.917 bits per heavy atom. The lowest BCUT2D eigenvalue weighted by Gasteiger charge is -2.26. The van der Waals surface area contributed by atoms with Crippen LogP contribution in [0.1, 0.15) is 90.3 Å². The number of aryl methyl sites for hydroxylation is 3. The molecule has 0 aliphatic rings. The van der Waals surface area contributed by atoms with E-state index in [-0.39, 0.29) is 30.1 Å². The van der Waals surface area contributed by atoms with Crippen LogP contribution in [0, 0.1) is 20.8 Å². The van der Waals surface area contributed by atoms with Gasteiger partial charge in [-0.15, -0.1) is 0 Å². The van der Waals surface area contributed by atoms with Crippen LogP contribution in [-0.2, 0) is 0 Å². The summed E-state index contributed by atoms with van der Waals surface area (Å²) < 4.78 is 27.9. The molecule has 194 valence electrons. The summed E-state index contributed by atoms with van der Waals surface area (Å²) in [4.78, 5) is 0. The largest absolute Gasteiger partial charge is 0.508 e. The normalized spacial score (nSPS) is 14.9. The predicted molar refractivity (Wildman–Crippen MR) is 142 cm³/mol. The maximum atomic E-state index is 14.0. The highest BCUT2D eigenvalue weighted by Crippen LogP contribution is 2.46. The van der Waals surface area contributed by atoms with E-state index in [1.165, 1.54) is 13.8 Å². The van der Waals surface area contributed by atoms with Crippen molar-refractivity contribution in [2.24, 2.45) is 0 Å². The summed E-state index contributed by atoms with van der Waals surface area (Å²) in [5, 5.41) is 33.1.